The second-order valence-corrected chi connectivity index (χ2v) is 5.76. The first-order chi connectivity index (χ1) is 11.7. The highest BCUT2D eigenvalue weighted by Gasteiger charge is 2.14. The van der Waals surface area contributed by atoms with Crippen molar-refractivity contribution in [2.45, 2.75) is 25.6 Å². The van der Waals surface area contributed by atoms with E-state index in [1.54, 1.807) is 0 Å². The van der Waals surface area contributed by atoms with E-state index in [0.29, 0.717) is 0 Å². The maximum atomic E-state index is 13.8. The van der Waals surface area contributed by atoms with E-state index in [1.807, 2.05) is 30.3 Å². The summed E-state index contributed by atoms with van der Waals surface area (Å²) in [5, 5.41) is 12.1. The number of nitrogens with zero attached hydrogens (tertiary/aromatic N) is 1. The van der Waals surface area contributed by atoms with Crippen molar-refractivity contribution < 1.29 is 13.9 Å². The molecule has 0 amide bonds. The molecule has 2 aromatic carbocycles. The van der Waals surface area contributed by atoms with Gasteiger partial charge in [-0.05, 0) is 61.8 Å². The molecule has 0 spiro atoms. The Labute approximate surface area is 140 Å². The molecule has 5 heteroatoms. The molecule has 1 saturated heterocycles. The molecule has 0 saturated carbocycles. The summed E-state index contributed by atoms with van der Waals surface area (Å²) in [6.07, 6.45) is 2.23. The highest BCUT2D eigenvalue weighted by molar-refractivity contribution is 5.36. The van der Waals surface area contributed by atoms with Crippen molar-refractivity contribution in [3.63, 3.8) is 0 Å². The fourth-order valence-electron chi connectivity index (χ4n) is 2.66. The van der Waals surface area contributed by atoms with Crippen LogP contribution in [0.4, 0.5) is 4.39 Å². The van der Waals surface area contributed by atoms with E-state index in [0.717, 1.165) is 37.2 Å². The molecule has 1 aliphatic heterocycles. The molecule has 24 heavy (non-hydrogen) atoms. The Morgan fingerprint density at radius 2 is 2.00 bits per heavy atom. The first-order valence-corrected chi connectivity index (χ1v) is 8.03. The molecule has 1 N–H and O–H groups in total. The highest BCUT2D eigenvalue weighted by atomic mass is 19.1. The lowest BCUT2D eigenvalue weighted by atomic mass is 10.1. The number of rotatable bonds is 5. The van der Waals surface area contributed by atoms with Crippen LogP contribution in [0.2, 0.25) is 0 Å². The standard InChI is InChI=1S/C19H19FN2O2/c20-18-11-14(12-21)4-5-19(18)23-13-15-2-1-3-17(10-15)24-16-6-8-22-9-7-16/h1-5,10-11,16,22H,6-9,13H2. The molecule has 1 aliphatic rings. The molecule has 0 bridgehead atoms. The van der Waals surface area contributed by atoms with Crippen molar-refractivity contribution >= 4 is 0 Å². The summed E-state index contributed by atoms with van der Waals surface area (Å²) < 4.78 is 25.3. The van der Waals surface area contributed by atoms with E-state index in [9.17, 15) is 4.39 Å². The number of nitriles is 1. The van der Waals surface area contributed by atoms with E-state index in [4.69, 9.17) is 14.7 Å². The SMILES string of the molecule is N#Cc1ccc(OCc2cccc(OC3CCNCC3)c2)c(F)c1. The normalized spacial score (nSPS) is 14.8. The molecule has 0 aromatic heterocycles. The van der Waals surface area contributed by atoms with E-state index in [2.05, 4.69) is 5.32 Å². The van der Waals surface area contributed by atoms with Gasteiger partial charge in [0.15, 0.2) is 11.6 Å². The fraction of sp³-hybridized carbons (Fsp3) is 0.316. The van der Waals surface area contributed by atoms with Gasteiger partial charge in [-0.2, -0.15) is 5.26 Å². The molecule has 3 rings (SSSR count). The van der Waals surface area contributed by atoms with E-state index in [-0.39, 0.29) is 24.0 Å². The molecule has 0 aliphatic carbocycles. The summed E-state index contributed by atoms with van der Waals surface area (Å²) in [7, 11) is 0. The van der Waals surface area contributed by atoms with E-state index < -0.39 is 5.82 Å². The molecular weight excluding hydrogens is 307 g/mol. The van der Waals surface area contributed by atoms with Gasteiger partial charge >= 0.3 is 0 Å². The zero-order valence-corrected chi connectivity index (χ0v) is 13.3. The van der Waals surface area contributed by atoms with Gasteiger partial charge in [0.05, 0.1) is 11.6 Å². The molecule has 4 nitrogen and oxygen atoms in total. The number of hydrogen-bond acceptors (Lipinski definition) is 4. The van der Waals surface area contributed by atoms with Crippen LogP contribution < -0.4 is 14.8 Å². The third kappa shape index (κ3) is 4.24. The van der Waals surface area contributed by atoms with Crippen LogP contribution in [-0.4, -0.2) is 19.2 Å². The Morgan fingerprint density at radius 3 is 2.75 bits per heavy atom. The van der Waals surface area contributed by atoms with Gasteiger partial charge in [0.25, 0.3) is 0 Å². The molecule has 0 atom stereocenters. The predicted molar refractivity (Wildman–Crippen MR) is 88.4 cm³/mol. The topological polar surface area (TPSA) is 54.3 Å². The van der Waals surface area contributed by atoms with Gasteiger partial charge in [-0.15, -0.1) is 0 Å². The van der Waals surface area contributed by atoms with E-state index in [1.165, 1.54) is 18.2 Å². The highest BCUT2D eigenvalue weighted by Crippen LogP contribution is 2.22. The van der Waals surface area contributed by atoms with Crippen molar-refractivity contribution in [1.82, 2.24) is 5.32 Å². The van der Waals surface area contributed by atoms with Gasteiger partial charge in [0.1, 0.15) is 18.5 Å². The number of nitrogens with one attached hydrogen (secondary N) is 1. The molecule has 1 fully saturated rings. The Kier molecular flexibility index (Phi) is 5.29. The van der Waals surface area contributed by atoms with Crippen LogP contribution in [0.25, 0.3) is 0 Å². The Bertz CT molecular complexity index is 736. The van der Waals surface area contributed by atoms with Gasteiger partial charge in [0, 0.05) is 0 Å². The van der Waals surface area contributed by atoms with Gasteiger partial charge in [-0.1, -0.05) is 12.1 Å². The van der Waals surface area contributed by atoms with Crippen molar-refractivity contribution in [2.24, 2.45) is 0 Å². The largest absolute Gasteiger partial charge is 0.490 e. The lowest BCUT2D eigenvalue weighted by Gasteiger charge is -2.24. The van der Waals surface area contributed by atoms with Crippen LogP contribution in [0.5, 0.6) is 11.5 Å². The summed E-state index contributed by atoms with van der Waals surface area (Å²) >= 11 is 0. The predicted octanol–water partition coefficient (Wildman–Crippen LogP) is 3.41. The number of hydrogen-bond donors (Lipinski definition) is 1. The van der Waals surface area contributed by atoms with Gasteiger partial charge in [-0.3, -0.25) is 0 Å². The first kappa shape index (κ1) is 16.3. The molecule has 124 valence electrons. The average Bonchev–Trinajstić information content (AvgIpc) is 2.62. The molecular formula is C19H19FN2O2. The summed E-state index contributed by atoms with van der Waals surface area (Å²) in [5.74, 6) is 0.415. The third-order valence-corrected chi connectivity index (χ3v) is 3.94. The Hall–Kier alpha value is -2.58. The second kappa shape index (κ2) is 7.80. The Morgan fingerprint density at radius 1 is 1.17 bits per heavy atom. The second-order valence-electron chi connectivity index (χ2n) is 5.76. The van der Waals surface area contributed by atoms with Crippen molar-refractivity contribution in [1.29, 1.82) is 5.26 Å². The number of benzene rings is 2. The lowest BCUT2D eigenvalue weighted by Crippen LogP contribution is -2.34. The number of ether oxygens (including phenoxy) is 2. The average molecular weight is 326 g/mol. The first-order valence-electron chi connectivity index (χ1n) is 8.03. The summed E-state index contributed by atoms with van der Waals surface area (Å²) in [6.45, 7) is 2.20. The molecule has 0 radical (unpaired) electrons. The summed E-state index contributed by atoms with van der Waals surface area (Å²) in [5.41, 5.74) is 1.18. The van der Waals surface area contributed by atoms with Crippen molar-refractivity contribution in [2.75, 3.05) is 13.1 Å². The fourth-order valence-corrected chi connectivity index (χ4v) is 2.66. The van der Waals surface area contributed by atoms with Crippen LogP contribution in [0.1, 0.15) is 24.0 Å². The maximum absolute atomic E-state index is 13.8. The summed E-state index contributed by atoms with van der Waals surface area (Å²) in [6, 6.07) is 13.7. The number of halogens is 1. The van der Waals surface area contributed by atoms with Crippen LogP contribution in [0.3, 0.4) is 0 Å². The number of piperidine rings is 1. The Balaban J connectivity index is 1.61. The van der Waals surface area contributed by atoms with Crippen LogP contribution in [-0.2, 0) is 6.61 Å². The minimum absolute atomic E-state index is 0.138. The third-order valence-electron chi connectivity index (χ3n) is 3.94. The minimum atomic E-state index is -0.531. The van der Waals surface area contributed by atoms with Crippen molar-refractivity contribution in [3.05, 3.63) is 59.4 Å². The van der Waals surface area contributed by atoms with E-state index >= 15 is 0 Å². The molecule has 0 unspecified atom stereocenters. The molecule has 2 aromatic rings. The van der Waals surface area contributed by atoms with Crippen LogP contribution >= 0.6 is 0 Å². The maximum Gasteiger partial charge on any atom is 0.166 e. The van der Waals surface area contributed by atoms with Gasteiger partial charge in [-0.25, -0.2) is 4.39 Å². The van der Waals surface area contributed by atoms with Gasteiger partial charge < -0.3 is 14.8 Å². The smallest absolute Gasteiger partial charge is 0.166 e. The minimum Gasteiger partial charge on any atom is -0.490 e. The zero-order chi connectivity index (χ0) is 16.8. The lowest BCUT2D eigenvalue weighted by molar-refractivity contribution is 0.162. The quantitative estimate of drug-likeness (QED) is 0.915. The summed E-state index contributed by atoms with van der Waals surface area (Å²) in [4.78, 5) is 0. The van der Waals surface area contributed by atoms with Crippen LogP contribution in [0.15, 0.2) is 42.5 Å². The monoisotopic (exact) mass is 326 g/mol. The zero-order valence-electron chi connectivity index (χ0n) is 13.3. The van der Waals surface area contributed by atoms with Crippen LogP contribution in [0, 0.1) is 17.1 Å². The van der Waals surface area contributed by atoms with Crippen molar-refractivity contribution in [3.8, 4) is 17.6 Å². The van der Waals surface area contributed by atoms with Gasteiger partial charge in [0.2, 0.25) is 0 Å². The molecule has 1 heterocycles.